The Morgan fingerprint density at radius 3 is 2.58 bits per heavy atom. The van der Waals surface area contributed by atoms with Gasteiger partial charge in [-0.1, -0.05) is 26.0 Å². The molecule has 0 spiro atoms. The van der Waals surface area contributed by atoms with E-state index in [1.165, 1.54) is 0 Å². The van der Waals surface area contributed by atoms with Gasteiger partial charge in [0.15, 0.2) is 6.61 Å². The summed E-state index contributed by atoms with van der Waals surface area (Å²) >= 11 is 0. The second-order valence-electron chi connectivity index (χ2n) is 4.89. The van der Waals surface area contributed by atoms with Gasteiger partial charge in [-0.15, -0.1) is 0 Å². The summed E-state index contributed by atoms with van der Waals surface area (Å²) in [5.74, 6) is 0.748. The van der Waals surface area contributed by atoms with Gasteiger partial charge in [0.1, 0.15) is 11.8 Å². The number of hydrogen-bond donors (Lipinski definition) is 0. The smallest absolute Gasteiger partial charge is 0.260 e. The van der Waals surface area contributed by atoms with E-state index in [2.05, 4.69) is 13.8 Å². The number of ether oxygens (including phenoxy) is 1. The molecular weight excluding hydrogens is 240 g/mol. The van der Waals surface area contributed by atoms with Crippen molar-refractivity contribution in [3.05, 3.63) is 29.8 Å². The fraction of sp³-hybridized carbons (Fsp3) is 0.467. The van der Waals surface area contributed by atoms with Crippen molar-refractivity contribution in [1.82, 2.24) is 4.90 Å². The van der Waals surface area contributed by atoms with Gasteiger partial charge in [0.2, 0.25) is 0 Å². The number of hydrogen-bond acceptors (Lipinski definition) is 3. The normalized spacial score (nSPS) is 11.8. The molecule has 1 aromatic carbocycles. The molecule has 0 aromatic heterocycles. The maximum atomic E-state index is 12.0. The Balaban J connectivity index is 2.62. The minimum absolute atomic E-state index is 0.0494. The highest BCUT2D eigenvalue weighted by Crippen LogP contribution is 2.17. The maximum absolute atomic E-state index is 12.0. The first kappa shape index (κ1) is 15.0. The molecule has 0 aliphatic rings. The molecule has 4 heteroatoms. The fourth-order valence-corrected chi connectivity index (χ4v) is 1.60. The van der Waals surface area contributed by atoms with Gasteiger partial charge >= 0.3 is 0 Å². The number of benzene rings is 1. The number of nitriles is 1. The van der Waals surface area contributed by atoms with Gasteiger partial charge in [-0.2, -0.15) is 5.26 Å². The molecule has 4 nitrogen and oxygen atoms in total. The van der Waals surface area contributed by atoms with Crippen molar-refractivity contribution in [2.45, 2.75) is 26.8 Å². The van der Waals surface area contributed by atoms with Crippen LogP contribution < -0.4 is 4.74 Å². The molecule has 0 N–H and O–H groups in total. The largest absolute Gasteiger partial charge is 0.482 e. The zero-order valence-electron chi connectivity index (χ0n) is 11.9. The quantitative estimate of drug-likeness (QED) is 0.817. The van der Waals surface area contributed by atoms with Crippen LogP contribution in [-0.4, -0.2) is 30.5 Å². The number of para-hydroxylation sites is 1. The molecule has 0 fully saturated rings. The van der Waals surface area contributed by atoms with Crippen molar-refractivity contribution in [1.29, 1.82) is 5.26 Å². The monoisotopic (exact) mass is 260 g/mol. The van der Waals surface area contributed by atoms with Crippen molar-refractivity contribution >= 4 is 5.91 Å². The van der Waals surface area contributed by atoms with Gasteiger partial charge in [0.25, 0.3) is 5.91 Å². The van der Waals surface area contributed by atoms with Gasteiger partial charge in [0.05, 0.1) is 5.56 Å². The number of nitrogens with zero attached hydrogens (tertiary/aromatic N) is 2. The van der Waals surface area contributed by atoms with Crippen LogP contribution in [0.2, 0.25) is 0 Å². The Morgan fingerprint density at radius 2 is 2.00 bits per heavy atom. The molecule has 1 aromatic rings. The lowest BCUT2D eigenvalue weighted by Crippen LogP contribution is -2.40. The first-order chi connectivity index (χ1) is 8.97. The van der Waals surface area contributed by atoms with E-state index in [1.807, 2.05) is 13.0 Å². The fourth-order valence-electron chi connectivity index (χ4n) is 1.60. The topological polar surface area (TPSA) is 53.3 Å². The van der Waals surface area contributed by atoms with Crippen molar-refractivity contribution in [2.24, 2.45) is 5.92 Å². The predicted octanol–water partition coefficient (Wildman–Crippen LogP) is 2.44. The molecule has 1 atom stereocenters. The summed E-state index contributed by atoms with van der Waals surface area (Å²) in [5.41, 5.74) is 0.440. The highest BCUT2D eigenvalue weighted by molar-refractivity contribution is 5.77. The SMILES string of the molecule is CC(C)[C@@H](C)N(C)C(=O)COc1ccccc1C#N. The summed E-state index contributed by atoms with van der Waals surface area (Å²) in [6.45, 7) is 6.10. The van der Waals surface area contributed by atoms with E-state index in [0.29, 0.717) is 17.2 Å². The summed E-state index contributed by atoms with van der Waals surface area (Å²) < 4.78 is 5.43. The molecule has 0 heterocycles. The Hall–Kier alpha value is -2.02. The number of carbonyl (C=O) groups excluding carboxylic acids is 1. The maximum Gasteiger partial charge on any atom is 0.260 e. The first-order valence-electron chi connectivity index (χ1n) is 6.35. The van der Waals surface area contributed by atoms with Gasteiger partial charge in [-0.05, 0) is 25.0 Å². The number of carbonyl (C=O) groups is 1. The molecule has 1 rings (SSSR count). The minimum atomic E-state index is -0.0889. The van der Waals surface area contributed by atoms with Gasteiger partial charge in [-0.3, -0.25) is 4.79 Å². The summed E-state index contributed by atoms with van der Waals surface area (Å²) in [6, 6.07) is 9.10. The third-order valence-corrected chi connectivity index (χ3v) is 3.33. The van der Waals surface area contributed by atoms with E-state index >= 15 is 0 Å². The van der Waals surface area contributed by atoms with Crippen LogP contribution in [0.15, 0.2) is 24.3 Å². The van der Waals surface area contributed by atoms with Crippen LogP contribution in [-0.2, 0) is 4.79 Å². The zero-order valence-corrected chi connectivity index (χ0v) is 11.9. The summed E-state index contributed by atoms with van der Waals surface area (Å²) in [7, 11) is 1.77. The average Bonchev–Trinajstić information content (AvgIpc) is 2.43. The van der Waals surface area contributed by atoms with Crippen LogP contribution in [0.3, 0.4) is 0 Å². The van der Waals surface area contributed by atoms with Crippen molar-refractivity contribution < 1.29 is 9.53 Å². The molecule has 19 heavy (non-hydrogen) atoms. The second kappa shape index (κ2) is 6.79. The molecule has 102 valence electrons. The molecule has 0 aliphatic carbocycles. The predicted molar refractivity (Wildman–Crippen MR) is 73.7 cm³/mol. The number of rotatable bonds is 5. The highest BCUT2D eigenvalue weighted by Gasteiger charge is 2.19. The van der Waals surface area contributed by atoms with Gasteiger partial charge in [-0.25, -0.2) is 0 Å². The molecular formula is C15H20N2O2. The van der Waals surface area contributed by atoms with Crippen molar-refractivity contribution in [3.63, 3.8) is 0 Å². The lowest BCUT2D eigenvalue weighted by Gasteiger charge is -2.27. The second-order valence-corrected chi connectivity index (χ2v) is 4.89. The van der Waals surface area contributed by atoms with E-state index in [4.69, 9.17) is 10.00 Å². The molecule has 0 bridgehead atoms. The van der Waals surface area contributed by atoms with Crippen molar-refractivity contribution in [3.8, 4) is 11.8 Å². The Labute approximate surface area is 114 Å². The highest BCUT2D eigenvalue weighted by atomic mass is 16.5. The Bertz CT molecular complexity index is 477. The van der Waals surface area contributed by atoms with Crippen LogP contribution >= 0.6 is 0 Å². The molecule has 0 radical (unpaired) electrons. The molecule has 1 amide bonds. The van der Waals surface area contributed by atoms with Gasteiger partial charge < -0.3 is 9.64 Å². The summed E-state index contributed by atoms with van der Waals surface area (Å²) in [6.07, 6.45) is 0. The Morgan fingerprint density at radius 1 is 1.37 bits per heavy atom. The van der Waals surface area contributed by atoms with Crippen molar-refractivity contribution in [2.75, 3.05) is 13.7 Å². The molecule has 0 unspecified atom stereocenters. The number of amides is 1. The van der Waals surface area contributed by atoms with E-state index in [1.54, 1.807) is 36.2 Å². The van der Waals surface area contributed by atoms with Gasteiger partial charge in [0, 0.05) is 13.1 Å². The molecule has 0 saturated heterocycles. The van der Waals surface area contributed by atoms with Crippen LogP contribution in [0.5, 0.6) is 5.75 Å². The van der Waals surface area contributed by atoms with E-state index in [0.717, 1.165) is 0 Å². The summed E-state index contributed by atoms with van der Waals surface area (Å²) in [4.78, 5) is 13.7. The van der Waals surface area contributed by atoms with Crippen LogP contribution in [0.25, 0.3) is 0 Å². The molecule has 0 saturated carbocycles. The lowest BCUT2D eigenvalue weighted by molar-refractivity contribution is -0.134. The van der Waals surface area contributed by atoms with E-state index in [-0.39, 0.29) is 18.6 Å². The zero-order chi connectivity index (χ0) is 14.4. The standard InChI is InChI=1S/C15H20N2O2/c1-11(2)12(3)17(4)15(18)10-19-14-8-6-5-7-13(14)9-16/h5-8,11-12H,10H2,1-4H3/t12-/m1/s1. The third kappa shape index (κ3) is 3.99. The van der Waals surface area contributed by atoms with Crippen LogP contribution in [0, 0.1) is 17.2 Å². The number of likely N-dealkylation sites (N-methyl/N-ethyl adjacent to an activating group) is 1. The first-order valence-corrected chi connectivity index (χ1v) is 6.35. The Kier molecular flexibility index (Phi) is 5.37. The van der Waals surface area contributed by atoms with Crippen LogP contribution in [0.1, 0.15) is 26.3 Å². The van der Waals surface area contributed by atoms with E-state index < -0.39 is 0 Å². The lowest BCUT2D eigenvalue weighted by atomic mass is 10.1. The average molecular weight is 260 g/mol. The third-order valence-electron chi connectivity index (χ3n) is 3.33. The summed E-state index contributed by atoms with van der Waals surface area (Å²) in [5, 5.41) is 8.93. The van der Waals surface area contributed by atoms with E-state index in [9.17, 15) is 4.79 Å². The minimum Gasteiger partial charge on any atom is -0.482 e. The molecule has 0 aliphatic heterocycles. The van der Waals surface area contributed by atoms with Crippen LogP contribution in [0.4, 0.5) is 0 Å².